The van der Waals surface area contributed by atoms with Gasteiger partial charge in [0, 0.05) is 6.04 Å². The molecule has 0 aromatic heterocycles. The molecular formula is C5H15N3O2S2. The van der Waals surface area contributed by atoms with Crippen LogP contribution < -0.4 is 17.2 Å². The van der Waals surface area contributed by atoms with Crippen LogP contribution >= 0.6 is 24.4 Å². The van der Waals surface area contributed by atoms with Crippen molar-refractivity contribution in [1.29, 1.82) is 0 Å². The van der Waals surface area contributed by atoms with Gasteiger partial charge in [0.25, 0.3) is 10.3 Å². The number of nitrogens with two attached hydrogens (primary N) is 1. The lowest BCUT2D eigenvalue weighted by Crippen LogP contribution is -2.27. The summed E-state index contributed by atoms with van der Waals surface area (Å²) in [6.45, 7) is 3.81. The quantitative estimate of drug-likeness (QED) is 0.409. The molecule has 0 heterocycles. The van der Waals surface area contributed by atoms with E-state index in [9.17, 15) is 0 Å². The molecule has 7 heteroatoms. The van der Waals surface area contributed by atoms with Gasteiger partial charge in [-0.25, -0.2) is 0 Å². The summed E-state index contributed by atoms with van der Waals surface area (Å²) >= 11 is 8.19. The molecule has 0 bridgehead atoms. The predicted octanol–water partition coefficient (Wildman–Crippen LogP) is 0.777. The number of hydrogen-bond donors (Lipinski definition) is 5. The maximum Gasteiger partial charge on any atom is 0.254 e. The average molecular weight is 213 g/mol. The largest absolute Gasteiger partial charge is 0.487 e. The van der Waals surface area contributed by atoms with Crippen LogP contribution in [-0.4, -0.2) is 26.6 Å². The molecule has 5 nitrogen and oxygen atoms in total. The Morgan fingerprint density at radius 1 is 1.33 bits per heavy atom. The van der Waals surface area contributed by atoms with Gasteiger partial charge in [0.15, 0.2) is 0 Å². The van der Waals surface area contributed by atoms with Crippen molar-refractivity contribution in [2.75, 3.05) is 0 Å². The van der Waals surface area contributed by atoms with E-state index < -0.39 is 5.17 Å². The molecule has 0 aliphatic carbocycles. The van der Waals surface area contributed by atoms with Gasteiger partial charge in [0.05, 0.1) is 0 Å². The van der Waals surface area contributed by atoms with Crippen molar-refractivity contribution in [2.45, 2.75) is 19.9 Å². The smallest absolute Gasteiger partial charge is 0.254 e. The van der Waals surface area contributed by atoms with E-state index in [1.54, 1.807) is 0 Å². The minimum absolute atomic E-state index is 0. The Balaban J connectivity index is -0.000000142. The number of thiocarbonyl (C=S) groups is 2. The molecule has 0 amide bonds. The van der Waals surface area contributed by atoms with Crippen LogP contribution in [-0.2, 0) is 0 Å². The van der Waals surface area contributed by atoms with Crippen LogP contribution in [0.4, 0.5) is 0 Å². The normalized spacial score (nSPS) is 7.25. The van der Waals surface area contributed by atoms with E-state index in [1.165, 1.54) is 0 Å². The molecule has 0 aromatic carbocycles. The SMILES string of the molecule is CC(C)NC(O)=S.N.NC(O)=S. The second-order valence-electron chi connectivity index (χ2n) is 1.94. The second kappa shape index (κ2) is 10.3. The fourth-order valence-corrected chi connectivity index (χ4v) is 0.483. The van der Waals surface area contributed by atoms with E-state index in [-0.39, 0.29) is 17.4 Å². The van der Waals surface area contributed by atoms with Crippen molar-refractivity contribution in [3.63, 3.8) is 0 Å². The Kier molecular flexibility index (Phi) is 15.0. The predicted molar refractivity (Wildman–Crippen MR) is 57.9 cm³/mol. The summed E-state index contributed by atoms with van der Waals surface area (Å²) in [5.41, 5.74) is 4.40. The molecule has 0 aliphatic heterocycles. The minimum Gasteiger partial charge on any atom is -0.487 e. The van der Waals surface area contributed by atoms with E-state index in [2.05, 4.69) is 35.5 Å². The van der Waals surface area contributed by atoms with Gasteiger partial charge in [-0.3, -0.25) is 0 Å². The van der Waals surface area contributed by atoms with Crippen molar-refractivity contribution in [2.24, 2.45) is 5.73 Å². The minimum atomic E-state index is -0.500. The number of nitrogens with one attached hydrogen (secondary N) is 1. The maximum atomic E-state index is 8.34. The summed E-state index contributed by atoms with van der Waals surface area (Å²) in [7, 11) is 0. The highest BCUT2D eigenvalue weighted by Crippen LogP contribution is 1.73. The monoisotopic (exact) mass is 213 g/mol. The van der Waals surface area contributed by atoms with Crippen LogP contribution in [0.2, 0.25) is 0 Å². The lowest BCUT2D eigenvalue weighted by Gasteiger charge is -2.03. The first kappa shape index (κ1) is 17.4. The molecule has 12 heavy (non-hydrogen) atoms. The summed E-state index contributed by atoms with van der Waals surface area (Å²) in [4.78, 5) is 0. The zero-order chi connectivity index (χ0) is 9.44. The van der Waals surface area contributed by atoms with Gasteiger partial charge in [-0.15, -0.1) is 0 Å². The van der Waals surface area contributed by atoms with Crippen LogP contribution in [0.15, 0.2) is 0 Å². The first-order valence-electron chi connectivity index (χ1n) is 2.84. The van der Waals surface area contributed by atoms with Crippen LogP contribution in [0.5, 0.6) is 0 Å². The average Bonchev–Trinajstić information content (AvgIpc) is 1.56. The first-order valence-corrected chi connectivity index (χ1v) is 3.65. The molecule has 74 valence electrons. The Hall–Kier alpha value is -0.660. The van der Waals surface area contributed by atoms with E-state index in [1.807, 2.05) is 13.8 Å². The molecule has 0 radical (unpaired) electrons. The third kappa shape index (κ3) is 58.2. The van der Waals surface area contributed by atoms with Gasteiger partial charge in [-0.05, 0) is 38.3 Å². The zero-order valence-corrected chi connectivity index (χ0v) is 8.71. The van der Waals surface area contributed by atoms with Crippen LogP contribution in [0.1, 0.15) is 13.8 Å². The second-order valence-corrected chi connectivity index (χ2v) is 2.75. The van der Waals surface area contributed by atoms with Gasteiger partial charge >= 0.3 is 0 Å². The maximum absolute atomic E-state index is 8.34. The molecule has 0 aromatic rings. The molecule has 0 rings (SSSR count). The Bertz CT molecular complexity index is 137. The molecular weight excluding hydrogens is 198 g/mol. The molecule has 8 N–H and O–H groups in total. The molecule has 0 fully saturated rings. The van der Waals surface area contributed by atoms with E-state index in [4.69, 9.17) is 10.2 Å². The van der Waals surface area contributed by atoms with Crippen molar-refractivity contribution in [3.8, 4) is 0 Å². The van der Waals surface area contributed by atoms with Crippen LogP contribution in [0, 0.1) is 0 Å². The van der Waals surface area contributed by atoms with Crippen LogP contribution in [0.3, 0.4) is 0 Å². The summed E-state index contributed by atoms with van der Waals surface area (Å²) in [6, 6.07) is 0.234. The van der Waals surface area contributed by atoms with Gasteiger partial charge in [-0.2, -0.15) is 0 Å². The van der Waals surface area contributed by atoms with Gasteiger partial charge in [0.1, 0.15) is 0 Å². The molecule has 0 aliphatic rings. The lowest BCUT2D eigenvalue weighted by molar-refractivity contribution is 0.514. The standard InChI is InChI=1S/C4H9NOS.CH3NOS.H3N/c1-3(2)5-4(6)7;2-1(3)4;/h3H,1-2H3,(H2,5,6,7);(H3,2,3,4);1H3. The number of rotatable bonds is 1. The topological polar surface area (TPSA) is 114 Å². The molecule has 0 saturated heterocycles. The molecule has 0 spiro atoms. The fraction of sp³-hybridized carbons (Fsp3) is 0.600. The molecule has 0 atom stereocenters. The van der Waals surface area contributed by atoms with Gasteiger partial charge in [-0.1, -0.05) is 0 Å². The number of hydrogen-bond acceptors (Lipinski definition) is 3. The van der Waals surface area contributed by atoms with E-state index in [0.717, 1.165) is 0 Å². The number of aliphatic hydroxyl groups is 2. The summed E-state index contributed by atoms with van der Waals surface area (Å²) in [5, 5.41) is 17.9. The highest BCUT2D eigenvalue weighted by atomic mass is 32.1. The van der Waals surface area contributed by atoms with Crippen molar-refractivity contribution >= 4 is 34.8 Å². The van der Waals surface area contributed by atoms with Gasteiger partial charge < -0.3 is 27.4 Å². The van der Waals surface area contributed by atoms with Crippen molar-refractivity contribution < 1.29 is 10.2 Å². The lowest BCUT2D eigenvalue weighted by atomic mass is 10.4. The first-order chi connectivity index (χ1) is 4.86. The fourth-order valence-electron chi connectivity index (χ4n) is 0.247. The third-order valence-electron chi connectivity index (χ3n) is 0.412. The summed E-state index contributed by atoms with van der Waals surface area (Å²) in [6.07, 6.45) is 0. The van der Waals surface area contributed by atoms with Crippen LogP contribution in [0.25, 0.3) is 0 Å². The Morgan fingerprint density at radius 2 is 1.58 bits per heavy atom. The Labute approximate surface area is 82.5 Å². The summed E-state index contributed by atoms with van der Waals surface area (Å²) < 4.78 is 0. The van der Waals surface area contributed by atoms with E-state index >= 15 is 0 Å². The molecule has 0 saturated carbocycles. The number of aliphatic hydroxyl groups excluding tert-OH is 2. The zero-order valence-electron chi connectivity index (χ0n) is 7.07. The highest BCUT2D eigenvalue weighted by Gasteiger charge is 1.90. The van der Waals surface area contributed by atoms with Gasteiger partial charge in [0.2, 0.25) is 0 Å². The van der Waals surface area contributed by atoms with Crippen molar-refractivity contribution in [3.05, 3.63) is 0 Å². The highest BCUT2D eigenvalue weighted by molar-refractivity contribution is 7.80. The van der Waals surface area contributed by atoms with Crippen molar-refractivity contribution in [1.82, 2.24) is 11.5 Å². The third-order valence-corrected chi connectivity index (χ3v) is 0.530. The summed E-state index contributed by atoms with van der Waals surface area (Å²) in [5.74, 6) is 0. The molecule has 0 unspecified atom stereocenters. The Morgan fingerprint density at radius 3 is 1.58 bits per heavy atom. The van der Waals surface area contributed by atoms with E-state index in [0.29, 0.717) is 0 Å².